The Labute approximate surface area is 52.8 Å². The van der Waals surface area contributed by atoms with Gasteiger partial charge in [0.25, 0.3) is 0 Å². The van der Waals surface area contributed by atoms with Crippen LogP contribution in [0.15, 0.2) is 24.1 Å². The monoisotopic (exact) mass is 125 g/mol. The van der Waals surface area contributed by atoms with Crippen LogP contribution in [0, 0.1) is 0 Å². The number of hydrogen-bond donors (Lipinski definition) is 0. The minimum absolute atomic E-state index is 0.892. The van der Waals surface area contributed by atoms with Gasteiger partial charge in [-0.3, -0.25) is 0 Å². The van der Waals surface area contributed by atoms with Crippen LogP contribution < -0.4 is 0 Å². The Morgan fingerprint density at radius 3 is 3.25 bits per heavy atom. The molecule has 1 aromatic rings. The van der Waals surface area contributed by atoms with Crippen LogP contribution in [0.2, 0.25) is 0 Å². The van der Waals surface area contributed by atoms with Crippen LogP contribution in [0.5, 0.6) is 0 Å². The van der Waals surface area contributed by atoms with Crippen molar-refractivity contribution >= 4 is 11.5 Å². The van der Waals surface area contributed by atoms with E-state index in [9.17, 15) is 0 Å². The first-order valence-electron chi connectivity index (χ1n) is 2.43. The summed E-state index contributed by atoms with van der Waals surface area (Å²) in [5.41, 5.74) is 1.12. The maximum atomic E-state index is 4.08. The first-order chi connectivity index (χ1) is 3.93. The van der Waals surface area contributed by atoms with E-state index in [0.29, 0.717) is 0 Å². The normalized spacial score (nSPS) is 9.00. The molecule has 0 radical (unpaired) electrons. The van der Waals surface area contributed by atoms with Crippen LogP contribution in [-0.4, -0.2) is 4.37 Å². The van der Waals surface area contributed by atoms with E-state index in [1.165, 1.54) is 11.5 Å². The fourth-order valence-corrected chi connectivity index (χ4v) is 1.04. The van der Waals surface area contributed by atoms with E-state index in [4.69, 9.17) is 0 Å². The Morgan fingerprint density at radius 1 is 1.88 bits per heavy atom. The van der Waals surface area contributed by atoms with Crippen molar-refractivity contribution in [2.45, 2.75) is 6.42 Å². The predicted octanol–water partition coefficient (Wildman–Crippen LogP) is 1.87. The van der Waals surface area contributed by atoms with Gasteiger partial charge in [-0.1, -0.05) is 6.08 Å². The van der Waals surface area contributed by atoms with Crippen molar-refractivity contribution in [1.29, 1.82) is 0 Å². The number of aromatic nitrogens is 1. The molecule has 42 valence electrons. The van der Waals surface area contributed by atoms with Gasteiger partial charge in [0, 0.05) is 11.8 Å². The molecule has 0 atom stereocenters. The molecule has 0 unspecified atom stereocenters. The first kappa shape index (κ1) is 5.51. The Morgan fingerprint density at radius 2 is 2.75 bits per heavy atom. The molecule has 0 aliphatic heterocycles. The molecule has 0 aliphatic carbocycles. The summed E-state index contributed by atoms with van der Waals surface area (Å²) in [4.78, 5) is 0. The van der Waals surface area contributed by atoms with E-state index in [2.05, 4.69) is 11.0 Å². The van der Waals surface area contributed by atoms with Gasteiger partial charge in [-0.2, -0.15) is 4.37 Å². The van der Waals surface area contributed by atoms with Crippen molar-refractivity contribution < 1.29 is 0 Å². The SMILES string of the molecule is C=CCc1ccsn1. The highest BCUT2D eigenvalue weighted by atomic mass is 32.1. The Bertz CT molecular complexity index is 155. The molecule has 2 heteroatoms. The van der Waals surface area contributed by atoms with Gasteiger partial charge in [-0.05, 0) is 17.6 Å². The summed E-state index contributed by atoms with van der Waals surface area (Å²) in [5.74, 6) is 0. The van der Waals surface area contributed by atoms with Gasteiger partial charge < -0.3 is 0 Å². The van der Waals surface area contributed by atoms with Gasteiger partial charge in [-0.25, -0.2) is 0 Å². The summed E-state index contributed by atoms with van der Waals surface area (Å²) in [6.07, 6.45) is 2.75. The lowest BCUT2D eigenvalue weighted by atomic mass is 10.3. The number of rotatable bonds is 2. The third-order valence-corrected chi connectivity index (χ3v) is 1.44. The molecular formula is C6H7NS. The number of allylic oxidation sites excluding steroid dienone is 1. The Kier molecular flexibility index (Phi) is 1.80. The molecular weight excluding hydrogens is 118 g/mol. The van der Waals surface area contributed by atoms with Gasteiger partial charge in [0.1, 0.15) is 0 Å². The summed E-state index contributed by atoms with van der Waals surface area (Å²) >= 11 is 1.48. The summed E-state index contributed by atoms with van der Waals surface area (Å²) in [5, 5.41) is 1.97. The molecule has 1 nitrogen and oxygen atoms in total. The highest BCUT2D eigenvalue weighted by Crippen LogP contribution is 1.99. The number of nitrogens with zero attached hydrogens (tertiary/aromatic N) is 1. The molecule has 0 amide bonds. The molecule has 0 saturated carbocycles. The van der Waals surface area contributed by atoms with E-state index >= 15 is 0 Å². The highest BCUT2D eigenvalue weighted by molar-refractivity contribution is 7.03. The first-order valence-corrected chi connectivity index (χ1v) is 3.27. The number of hydrogen-bond acceptors (Lipinski definition) is 2. The lowest BCUT2D eigenvalue weighted by Crippen LogP contribution is -1.74. The zero-order chi connectivity index (χ0) is 5.82. The summed E-state index contributed by atoms with van der Waals surface area (Å²) in [6, 6.07) is 2.01. The van der Waals surface area contributed by atoms with Crippen LogP contribution in [0.4, 0.5) is 0 Å². The van der Waals surface area contributed by atoms with E-state index in [1.807, 2.05) is 17.5 Å². The van der Waals surface area contributed by atoms with Crippen LogP contribution in [0.25, 0.3) is 0 Å². The average molecular weight is 125 g/mol. The maximum Gasteiger partial charge on any atom is 0.0579 e. The second-order valence-corrected chi connectivity index (χ2v) is 2.15. The molecule has 1 aromatic heterocycles. The van der Waals surface area contributed by atoms with Gasteiger partial charge >= 0.3 is 0 Å². The molecule has 0 aromatic carbocycles. The highest BCUT2D eigenvalue weighted by Gasteiger charge is 1.86. The van der Waals surface area contributed by atoms with Crippen molar-refractivity contribution in [2.24, 2.45) is 0 Å². The smallest absolute Gasteiger partial charge is 0.0579 e. The van der Waals surface area contributed by atoms with Crippen LogP contribution >= 0.6 is 11.5 Å². The molecule has 1 heterocycles. The van der Waals surface area contributed by atoms with E-state index in [0.717, 1.165) is 12.1 Å². The van der Waals surface area contributed by atoms with Crippen molar-refractivity contribution in [1.82, 2.24) is 4.37 Å². The van der Waals surface area contributed by atoms with Crippen molar-refractivity contribution in [3.63, 3.8) is 0 Å². The summed E-state index contributed by atoms with van der Waals surface area (Å²) in [7, 11) is 0. The van der Waals surface area contributed by atoms with Crippen LogP contribution in [0.3, 0.4) is 0 Å². The molecule has 0 aliphatic rings. The molecule has 0 bridgehead atoms. The quantitative estimate of drug-likeness (QED) is 0.550. The lowest BCUT2D eigenvalue weighted by molar-refractivity contribution is 1.20. The van der Waals surface area contributed by atoms with Gasteiger partial charge in [0.05, 0.1) is 5.69 Å². The molecule has 0 N–H and O–H groups in total. The predicted molar refractivity (Wildman–Crippen MR) is 36.0 cm³/mol. The molecule has 0 saturated heterocycles. The second kappa shape index (κ2) is 2.62. The third kappa shape index (κ3) is 1.17. The Hall–Kier alpha value is -0.630. The van der Waals surface area contributed by atoms with Crippen LogP contribution in [-0.2, 0) is 6.42 Å². The zero-order valence-electron chi connectivity index (χ0n) is 4.50. The van der Waals surface area contributed by atoms with Crippen molar-refractivity contribution in [3.8, 4) is 0 Å². The van der Waals surface area contributed by atoms with Gasteiger partial charge in [-0.15, -0.1) is 6.58 Å². The fraction of sp³-hybridized carbons (Fsp3) is 0.167. The molecule has 0 fully saturated rings. The fourth-order valence-electron chi connectivity index (χ4n) is 0.491. The Balaban J connectivity index is 2.62. The van der Waals surface area contributed by atoms with Crippen molar-refractivity contribution in [3.05, 3.63) is 29.8 Å². The van der Waals surface area contributed by atoms with Crippen molar-refractivity contribution in [2.75, 3.05) is 0 Å². The summed E-state index contributed by atoms with van der Waals surface area (Å²) in [6.45, 7) is 3.60. The van der Waals surface area contributed by atoms with E-state index < -0.39 is 0 Å². The van der Waals surface area contributed by atoms with Crippen LogP contribution in [0.1, 0.15) is 5.69 Å². The van der Waals surface area contributed by atoms with E-state index in [-0.39, 0.29) is 0 Å². The maximum absolute atomic E-state index is 4.08. The largest absolute Gasteiger partial charge is 0.197 e. The lowest BCUT2D eigenvalue weighted by Gasteiger charge is -1.79. The minimum atomic E-state index is 0.892. The van der Waals surface area contributed by atoms with Gasteiger partial charge in [0.2, 0.25) is 0 Å². The second-order valence-electron chi connectivity index (χ2n) is 1.48. The summed E-state index contributed by atoms with van der Waals surface area (Å²) < 4.78 is 4.08. The van der Waals surface area contributed by atoms with E-state index in [1.54, 1.807) is 0 Å². The average Bonchev–Trinajstić information content (AvgIpc) is 2.19. The molecule has 0 spiro atoms. The third-order valence-electron chi connectivity index (χ3n) is 0.845. The van der Waals surface area contributed by atoms with Gasteiger partial charge in [0.15, 0.2) is 0 Å². The topological polar surface area (TPSA) is 12.9 Å². The molecule has 8 heavy (non-hydrogen) atoms. The zero-order valence-corrected chi connectivity index (χ0v) is 5.32. The standard InChI is InChI=1S/C6H7NS/c1-2-3-6-4-5-8-7-6/h2,4-5H,1,3H2. The minimum Gasteiger partial charge on any atom is -0.197 e. The molecule has 1 rings (SSSR count).